The minimum Gasteiger partial charge on any atom is -0.507 e. The molecule has 17 heavy (non-hydrogen) atoms. The molecule has 0 heterocycles. The molecule has 2 rings (SSSR count). The van der Waals surface area contributed by atoms with E-state index in [9.17, 15) is 18.7 Å². The number of carboxylic acid groups (broad SMARTS) is 1. The van der Waals surface area contributed by atoms with Gasteiger partial charge in [-0.1, -0.05) is 18.2 Å². The van der Waals surface area contributed by atoms with Crippen molar-refractivity contribution in [2.45, 2.75) is 18.8 Å². The summed E-state index contributed by atoms with van der Waals surface area (Å²) in [7, 11) is 0. The predicted molar refractivity (Wildman–Crippen MR) is 57.0 cm³/mol. The van der Waals surface area contributed by atoms with Gasteiger partial charge in [-0.3, -0.25) is 0 Å². The number of fused-ring (bicyclic) bond motifs is 1. The number of hydrogen-bond donors (Lipinski definition) is 2. The van der Waals surface area contributed by atoms with Crippen LogP contribution < -0.4 is 0 Å². The van der Waals surface area contributed by atoms with Crippen molar-refractivity contribution in [1.82, 2.24) is 0 Å². The Bertz CT molecular complexity index is 506. The van der Waals surface area contributed by atoms with Crippen molar-refractivity contribution in [3.63, 3.8) is 0 Å². The standard InChI is InChI=1S/C12H10F2O3/c13-12(14,11(16)17)8-5-1-3-7-4-2-6-9(15)10(7)8/h2,4-6,15H,1,3H2,(H,16,17). The lowest BCUT2D eigenvalue weighted by Crippen LogP contribution is -2.31. The van der Waals surface area contributed by atoms with Crippen molar-refractivity contribution in [3.05, 3.63) is 35.4 Å². The SMILES string of the molecule is O=C(O)C(F)(F)C1=CCCc2cccc(O)c21. The first-order chi connectivity index (χ1) is 7.94. The van der Waals surface area contributed by atoms with E-state index in [4.69, 9.17) is 5.11 Å². The second kappa shape index (κ2) is 3.84. The molecular formula is C12H10F2O3. The zero-order valence-corrected chi connectivity index (χ0v) is 8.78. The van der Waals surface area contributed by atoms with Crippen LogP contribution in [0.3, 0.4) is 0 Å². The summed E-state index contributed by atoms with van der Waals surface area (Å²) >= 11 is 0. The fourth-order valence-electron chi connectivity index (χ4n) is 1.98. The molecule has 5 heteroatoms. The molecule has 0 atom stereocenters. The molecule has 0 aromatic heterocycles. The van der Waals surface area contributed by atoms with Crippen LogP contribution in [0.25, 0.3) is 5.57 Å². The molecule has 0 spiro atoms. The first kappa shape index (κ1) is 11.6. The number of phenols is 1. The zero-order valence-electron chi connectivity index (χ0n) is 8.78. The lowest BCUT2D eigenvalue weighted by molar-refractivity contribution is -0.156. The van der Waals surface area contributed by atoms with Crippen LogP contribution in [0.2, 0.25) is 0 Å². The summed E-state index contributed by atoms with van der Waals surface area (Å²) in [5.41, 5.74) is -0.126. The summed E-state index contributed by atoms with van der Waals surface area (Å²) in [4.78, 5) is 10.6. The van der Waals surface area contributed by atoms with E-state index in [2.05, 4.69) is 0 Å². The third kappa shape index (κ3) is 1.77. The Morgan fingerprint density at radius 3 is 2.71 bits per heavy atom. The third-order valence-electron chi connectivity index (χ3n) is 2.77. The molecule has 0 radical (unpaired) electrons. The number of hydrogen-bond acceptors (Lipinski definition) is 2. The molecule has 0 saturated carbocycles. The summed E-state index contributed by atoms with van der Waals surface area (Å²) < 4.78 is 27.0. The summed E-state index contributed by atoms with van der Waals surface area (Å²) in [5, 5.41) is 18.1. The number of aliphatic carboxylic acids is 1. The van der Waals surface area contributed by atoms with Gasteiger partial charge >= 0.3 is 11.9 Å². The maximum atomic E-state index is 13.5. The molecular weight excluding hydrogens is 230 g/mol. The molecule has 2 N–H and O–H groups in total. The van der Waals surface area contributed by atoms with Gasteiger partial charge in [0.05, 0.1) is 0 Å². The van der Waals surface area contributed by atoms with E-state index in [0.29, 0.717) is 18.4 Å². The normalized spacial score (nSPS) is 15.1. The maximum absolute atomic E-state index is 13.5. The van der Waals surface area contributed by atoms with E-state index in [-0.39, 0.29) is 11.3 Å². The highest BCUT2D eigenvalue weighted by Crippen LogP contribution is 2.42. The highest BCUT2D eigenvalue weighted by atomic mass is 19.3. The first-order valence-electron chi connectivity index (χ1n) is 5.07. The number of aryl methyl sites for hydroxylation is 1. The van der Waals surface area contributed by atoms with Crippen molar-refractivity contribution < 1.29 is 23.8 Å². The smallest absolute Gasteiger partial charge is 0.379 e. The molecule has 1 aromatic carbocycles. The summed E-state index contributed by atoms with van der Waals surface area (Å²) in [6.07, 6.45) is 2.04. The van der Waals surface area contributed by atoms with Gasteiger partial charge in [0.15, 0.2) is 0 Å². The number of benzene rings is 1. The number of halogens is 2. The molecule has 1 aliphatic carbocycles. The van der Waals surface area contributed by atoms with Gasteiger partial charge in [0.2, 0.25) is 0 Å². The fourth-order valence-corrected chi connectivity index (χ4v) is 1.98. The van der Waals surface area contributed by atoms with E-state index in [1.165, 1.54) is 12.1 Å². The summed E-state index contributed by atoms with van der Waals surface area (Å²) in [5.74, 6) is -6.50. The van der Waals surface area contributed by atoms with Gasteiger partial charge in [-0.05, 0) is 24.5 Å². The highest BCUT2D eigenvalue weighted by Gasteiger charge is 2.45. The molecule has 0 fully saturated rings. The average Bonchev–Trinajstić information content (AvgIpc) is 2.28. The van der Waals surface area contributed by atoms with E-state index in [1.54, 1.807) is 12.1 Å². The van der Waals surface area contributed by atoms with Crippen molar-refractivity contribution in [2.75, 3.05) is 0 Å². The summed E-state index contributed by atoms with van der Waals surface area (Å²) in [6, 6.07) is 4.44. The van der Waals surface area contributed by atoms with Crippen LogP contribution >= 0.6 is 0 Å². The molecule has 90 valence electrons. The van der Waals surface area contributed by atoms with Crippen molar-refractivity contribution in [2.24, 2.45) is 0 Å². The van der Waals surface area contributed by atoms with Crippen LogP contribution in [0, 0.1) is 0 Å². The van der Waals surface area contributed by atoms with Crippen molar-refractivity contribution in [3.8, 4) is 5.75 Å². The second-order valence-corrected chi connectivity index (χ2v) is 3.85. The van der Waals surface area contributed by atoms with Gasteiger partial charge in [-0.15, -0.1) is 0 Å². The van der Waals surface area contributed by atoms with Crippen LogP contribution in [-0.4, -0.2) is 22.1 Å². The van der Waals surface area contributed by atoms with E-state index in [1.807, 2.05) is 0 Å². The molecule has 1 aliphatic rings. The van der Waals surface area contributed by atoms with Crippen LogP contribution in [-0.2, 0) is 11.2 Å². The summed E-state index contributed by atoms with van der Waals surface area (Å²) in [6.45, 7) is 0. The fraction of sp³-hybridized carbons (Fsp3) is 0.250. The van der Waals surface area contributed by atoms with Crippen LogP contribution in [0.15, 0.2) is 24.3 Å². The van der Waals surface area contributed by atoms with Gasteiger partial charge in [0.25, 0.3) is 0 Å². The van der Waals surface area contributed by atoms with Gasteiger partial charge in [0.1, 0.15) is 5.75 Å². The topological polar surface area (TPSA) is 57.5 Å². The minimum absolute atomic E-state index is 0.0499. The number of carboxylic acids is 1. The minimum atomic E-state index is -3.98. The molecule has 0 saturated heterocycles. The molecule has 0 bridgehead atoms. The van der Waals surface area contributed by atoms with E-state index < -0.39 is 17.5 Å². The van der Waals surface area contributed by atoms with Crippen LogP contribution in [0.5, 0.6) is 5.75 Å². The highest BCUT2D eigenvalue weighted by molar-refractivity contribution is 5.95. The molecule has 0 amide bonds. The van der Waals surface area contributed by atoms with Crippen LogP contribution in [0.1, 0.15) is 17.5 Å². The molecule has 0 unspecified atom stereocenters. The number of allylic oxidation sites excluding steroid dienone is 1. The molecule has 3 nitrogen and oxygen atoms in total. The molecule has 0 aliphatic heterocycles. The Kier molecular flexibility index (Phi) is 2.61. The lowest BCUT2D eigenvalue weighted by Gasteiger charge is -2.23. The third-order valence-corrected chi connectivity index (χ3v) is 2.77. The first-order valence-corrected chi connectivity index (χ1v) is 5.07. The van der Waals surface area contributed by atoms with Gasteiger partial charge < -0.3 is 10.2 Å². The Balaban J connectivity index is 2.60. The predicted octanol–water partition coefficient (Wildman–Crippen LogP) is 2.44. The number of carbonyl (C=O) groups is 1. The average molecular weight is 240 g/mol. The number of aromatic hydroxyl groups is 1. The largest absolute Gasteiger partial charge is 0.507 e. The lowest BCUT2D eigenvalue weighted by atomic mass is 9.87. The number of alkyl halides is 2. The van der Waals surface area contributed by atoms with E-state index >= 15 is 0 Å². The zero-order chi connectivity index (χ0) is 12.6. The van der Waals surface area contributed by atoms with Crippen LogP contribution in [0.4, 0.5) is 8.78 Å². The van der Waals surface area contributed by atoms with Gasteiger partial charge in [0, 0.05) is 11.1 Å². The Morgan fingerprint density at radius 2 is 2.06 bits per heavy atom. The second-order valence-electron chi connectivity index (χ2n) is 3.85. The van der Waals surface area contributed by atoms with Gasteiger partial charge in [-0.25, -0.2) is 4.79 Å². The van der Waals surface area contributed by atoms with Crippen molar-refractivity contribution in [1.29, 1.82) is 0 Å². The Hall–Kier alpha value is -1.91. The molecule has 1 aromatic rings. The number of rotatable bonds is 2. The van der Waals surface area contributed by atoms with Crippen molar-refractivity contribution >= 4 is 11.5 Å². The number of phenolic OH excluding ortho intramolecular Hbond substituents is 1. The monoisotopic (exact) mass is 240 g/mol. The van der Waals surface area contributed by atoms with E-state index in [0.717, 1.165) is 0 Å². The maximum Gasteiger partial charge on any atom is 0.379 e. The quantitative estimate of drug-likeness (QED) is 0.834. The van der Waals surface area contributed by atoms with Gasteiger partial charge in [-0.2, -0.15) is 8.78 Å². The Labute approximate surface area is 96.0 Å². The Morgan fingerprint density at radius 1 is 1.35 bits per heavy atom.